The minimum Gasteiger partial charge on any atom is -0.497 e. The highest BCUT2D eigenvalue weighted by Crippen LogP contribution is 2.32. The summed E-state index contributed by atoms with van der Waals surface area (Å²) in [6.45, 7) is 0. The number of carbonyl (C=O) groups excluding carboxylic acids is 2. The predicted molar refractivity (Wildman–Crippen MR) is 99.8 cm³/mol. The number of thioether (sulfide) groups is 1. The Labute approximate surface area is 152 Å². The molecule has 0 bridgehead atoms. The molecule has 0 unspecified atom stereocenters. The summed E-state index contributed by atoms with van der Waals surface area (Å²) in [7, 11) is 1.55. The number of hydrogen-bond acceptors (Lipinski definition) is 6. The number of nitrogens with one attached hydrogen (secondary N) is 1. The number of benzene rings is 1. The maximum atomic E-state index is 12.4. The van der Waals surface area contributed by atoms with Gasteiger partial charge in [0.05, 0.1) is 12.0 Å². The normalized spacial score (nSPS) is 15.9. The van der Waals surface area contributed by atoms with Crippen molar-refractivity contribution < 1.29 is 14.3 Å². The number of methoxy groups -OCH3 is 1. The summed E-state index contributed by atoms with van der Waals surface area (Å²) in [5, 5.41) is 3.03. The number of nitrogens with zero attached hydrogens (tertiary/aromatic N) is 1. The van der Waals surface area contributed by atoms with Crippen molar-refractivity contribution in [1.82, 2.24) is 10.4 Å². The van der Waals surface area contributed by atoms with E-state index in [1.54, 1.807) is 37.5 Å². The molecular weight excluding hydrogens is 364 g/mol. The van der Waals surface area contributed by atoms with Crippen LogP contribution < -0.4 is 10.2 Å². The molecule has 1 aromatic carbocycles. The molecule has 1 aliphatic rings. The summed E-state index contributed by atoms with van der Waals surface area (Å²) in [5.74, 6) is -0.0948. The minimum absolute atomic E-state index is 0.296. The van der Waals surface area contributed by atoms with E-state index in [1.807, 2.05) is 17.5 Å². The molecule has 1 aromatic heterocycles. The number of rotatable bonds is 4. The van der Waals surface area contributed by atoms with Crippen molar-refractivity contribution in [3.05, 3.63) is 57.1 Å². The van der Waals surface area contributed by atoms with E-state index in [1.165, 1.54) is 11.3 Å². The van der Waals surface area contributed by atoms with Crippen LogP contribution in [0.15, 0.2) is 46.7 Å². The zero-order chi connectivity index (χ0) is 17.1. The van der Waals surface area contributed by atoms with Crippen LogP contribution in [0.3, 0.4) is 0 Å². The first-order chi connectivity index (χ1) is 11.6. The highest BCUT2D eigenvalue weighted by atomic mass is 32.2. The van der Waals surface area contributed by atoms with Gasteiger partial charge in [-0.1, -0.05) is 17.8 Å². The Morgan fingerprint density at radius 2 is 2.04 bits per heavy atom. The lowest BCUT2D eigenvalue weighted by molar-refractivity contribution is -0.123. The average molecular weight is 376 g/mol. The molecule has 8 heteroatoms. The van der Waals surface area contributed by atoms with Crippen LogP contribution in [0.1, 0.15) is 15.2 Å². The number of carbonyl (C=O) groups is 2. The van der Waals surface area contributed by atoms with Gasteiger partial charge in [0, 0.05) is 10.4 Å². The minimum atomic E-state index is -0.411. The molecule has 5 nitrogen and oxygen atoms in total. The molecule has 2 aromatic rings. The van der Waals surface area contributed by atoms with Gasteiger partial charge in [0.1, 0.15) is 5.75 Å². The Balaban J connectivity index is 1.73. The van der Waals surface area contributed by atoms with Crippen molar-refractivity contribution in [2.45, 2.75) is 0 Å². The van der Waals surface area contributed by atoms with Crippen LogP contribution >= 0.6 is 35.3 Å². The SMILES string of the molecule is COc1ccc(C(=O)NN2C(=O)/C(=C\c3cccs3)SC2=S)cc1. The van der Waals surface area contributed by atoms with Crippen LogP contribution in [-0.4, -0.2) is 28.3 Å². The lowest BCUT2D eigenvalue weighted by Crippen LogP contribution is -2.44. The number of hydrazine groups is 1. The van der Waals surface area contributed by atoms with Crippen LogP contribution in [0.5, 0.6) is 5.75 Å². The maximum Gasteiger partial charge on any atom is 0.285 e. The van der Waals surface area contributed by atoms with Crippen molar-refractivity contribution in [1.29, 1.82) is 0 Å². The third-order valence-corrected chi connectivity index (χ3v) is 5.30. The molecule has 24 heavy (non-hydrogen) atoms. The van der Waals surface area contributed by atoms with Gasteiger partial charge in [-0.25, -0.2) is 0 Å². The predicted octanol–water partition coefficient (Wildman–Crippen LogP) is 3.30. The fourth-order valence-corrected chi connectivity index (χ4v) is 3.88. The molecule has 1 aliphatic heterocycles. The van der Waals surface area contributed by atoms with Gasteiger partial charge < -0.3 is 4.74 Å². The molecule has 0 saturated carbocycles. The van der Waals surface area contributed by atoms with Gasteiger partial charge in [-0.2, -0.15) is 5.01 Å². The topological polar surface area (TPSA) is 58.6 Å². The van der Waals surface area contributed by atoms with E-state index in [4.69, 9.17) is 17.0 Å². The average Bonchev–Trinajstić information content (AvgIpc) is 3.19. The molecule has 1 N–H and O–H groups in total. The molecular formula is C16H12N2O3S3. The van der Waals surface area contributed by atoms with Gasteiger partial charge in [0.25, 0.3) is 11.8 Å². The zero-order valence-corrected chi connectivity index (χ0v) is 15.0. The molecule has 2 heterocycles. The molecule has 0 spiro atoms. The van der Waals surface area contributed by atoms with E-state index >= 15 is 0 Å². The number of amides is 2. The summed E-state index contributed by atoms with van der Waals surface area (Å²) in [6, 6.07) is 10.4. The third-order valence-electron chi connectivity index (χ3n) is 3.18. The summed E-state index contributed by atoms with van der Waals surface area (Å²) in [4.78, 5) is 26.2. The van der Waals surface area contributed by atoms with E-state index in [-0.39, 0.29) is 5.91 Å². The molecule has 2 amide bonds. The summed E-state index contributed by atoms with van der Waals surface area (Å²) in [5.41, 5.74) is 2.96. The van der Waals surface area contributed by atoms with Crippen LogP contribution in [-0.2, 0) is 4.79 Å². The number of thiocarbonyl (C=S) groups is 1. The van der Waals surface area contributed by atoms with Crippen LogP contribution in [0, 0.1) is 0 Å². The lowest BCUT2D eigenvalue weighted by atomic mass is 10.2. The fourth-order valence-electron chi connectivity index (χ4n) is 1.98. The van der Waals surface area contributed by atoms with E-state index < -0.39 is 5.91 Å². The Morgan fingerprint density at radius 1 is 1.29 bits per heavy atom. The fraction of sp³-hybridized carbons (Fsp3) is 0.0625. The summed E-state index contributed by atoms with van der Waals surface area (Å²) < 4.78 is 5.35. The maximum absolute atomic E-state index is 12.4. The molecule has 1 fully saturated rings. The van der Waals surface area contributed by atoms with Gasteiger partial charge in [-0.3, -0.25) is 15.0 Å². The monoisotopic (exact) mass is 376 g/mol. The lowest BCUT2D eigenvalue weighted by Gasteiger charge is -2.15. The molecule has 0 aliphatic carbocycles. The van der Waals surface area contributed by atoms with Crippen LogP contribution in [0.2, 0.25) is 0 Å². The first-order valence-electron chi connectivity index (χ1n) is 6.85. The first kappa shape index (κ1) is 16.7. The quantitative estimate of drug-likeness (QED) is 0.655. The molecule has 0 atom stereocenters. The first-order valence-corrected chi connectivity index (χ1v) is 8.95. The second-order valence-electron chi connectivity index (χ2n) is 4.70. The second kappa shape index (κ2) is 7.16. The van der Waals surface area contributed by atoms with E-state index in [0.717, 1.165) is 21.6 Å². The number of ether oxygens (including phenoxy) is 1. The number of thiophene rings is 1. The smallest absolute Gasteiger partial charge is 0.285 e. The van der Waals surface area contributed by atoms with Gasteiger partial charge >= 0.3 is 0 Å². The van der Waals surface area contributed by atoms with Gasteiger partial charge in [-0.05, 0) is 54.0 Å². The van der Waals surface area contributed by atoms with Crippen molar-refractivity contribution in [3.63, 3.8) is 0 Å². The molecule has 122 valence electrons. The highest BCUT2D eigenvalue weighted by Gasteiger charge is 2.33. The van der Waals surface area contributed by atoms with Crippen molar-refractivity contribution >= 4 is 57.5 Å². The largest absolute Gasteiger partial charge is 0.497 e. The Kier molecular flexibility index (Phi) is 4.98. The van der Waals surface area contributed by atoms with Crippen LogP contribution in [0.25, 0.3) is 6.08 Å². The van der Waals surface area contributed by atoms with Crippen molar-refractivity contribution in [2.24, 2.45) is 0 Å². The molecule has 3 rings (SSSR count). The number of hydrogen-bond donors (Lipinski definition) is 1. The van der Waals surface area contributed by atoms with Gasteiger partial charge in [0.15, 0.2) is 4.32 Å². The summed E-state index contributed by atoms with van der Waals surface area (Å²) >= 11 is 7.88. The van der Waals surface area contributed by atoms with E-state index in [0.29, 0.717) is 20.5 Å². The van der Waals surface area contributed by atoms with Crippen molar-refractivity contribution in [3.8, 4) is 5.75 Å². The Bertz CT molecular complexity index is 814. The molecule has 1 saturated heterocycles. The van der Waals surface area contributed by atoms with Crippen LogP contribution in [0.4, 0.5) is 0 Å². The molecule has 0 radical (unpaired) electrons. The second-order valence-corrected chi connectivity index (χ2v) is 7.36. The third kappa shape index (κ3) is 3.50. The van der Waals surface area contributed by atoms with E-state index in [2.05, 4.69) is 5.43 Å². The van der Waals surface area contributed by atoms with Gasteiger partial charge in [-0.15, -0.1) is 11.3 Å². The zero-order valence-electron chi connectivity index (χ0n) is 12.5. The van der Waals surface area contributed by atoms with E-state index in [9.17, 15) is 9.59 Å². The van der Waals surface area contributed by atoms with Crippen molar-refractivity contribution in [2.75, 3.05) is 7.11 Å². The standard InChI is InChI=1S/C16H12N2O3S3/c1-21-11-6-4-10(5-7-11)14(19)17-18-15(20)13(24-16(18)22)9-12-3-2-8-23-12/h2-9H,1H3,(H,17,19)/b13-9+. The van der Waals surface area contributed by atoms with Gasteiger partial charge in [0.2, 0.25) is 0 Å². The highest BCUT2D eigenvalue weighted by molar-refractivity contribution is 8.26. The summed E-state index contributed by atoms with van der Waals surface area (Å²) in [6.07, 6.45) is 1.77. The Morgan fingerprint density at radius 3 is 2.67 bits per heavy atom. The Hall–Kier alpha value is -2.16.